The first-order chi connectivity index (χ1) is 8.69. The van der Waals surface area contributed by atoms with E-state index in [2.05, 4.69) is 21.9 Å². The number of nitrogens with zero attached hydrogens (tertiary/aromatic N) is 1. The van der Waals surface area contributed by atoms with Crippen molar-refractivity contribution in [2.75, 3.05) is 13.1 Å². The number of hydrogen-bond donors (Lipinski definition) is 0. The van der Waals surface area contributed by atoms with Crippen molar-refractivity contribution in [1.82, 2.24) is 4.90 Å². The molecular formula is C15H16BrNO. The predicted molar refractivity (Wildman–Crippen MR) is 76.0 cm³/mol. The van der Waals surface area contributed by atoms with Gasteiger partial charge in [-0.2, -0.15) is 0 Å². The van der Waals surface area contributed by atoms with Crippen LogP contribution in [0.15, 0.2) is 28.7 Å². The highest BCUT2D eigenvalue weighted by atomic mass is 79.9. The summed E-state index contributed by atoms with van der Waals surface area (Å²) in [6, 6.07) is 7.84. The van der Waals surface area contributed by atoms with Crippen LogP contribution in [-0.2, 0) is 11.2 Å². The second kappa shape index (κ2) is 6.06. The normalized spacial score (nSPS) is 14.0. The highest BCUT2D eigenvalue weighted by Crippen LogP contribution is 2.29. The molecule has 0 radical (unpaired) electrons. The highest BCUT2D eigenvalue weighted by Gasteiger charge is 2.26. The molecule has 1 aliphatic carbocycles. The van der Waals surface area contributed by atoms with Gasteiger partial charge in [0.1, 0.15) is 0 Å². The van der Waals surface area contributed by atoms with Crippen molar-refractivity contribution in [3.05, 3.63) is 34.3 Å². The minimum absolute atomic E-state index is 0.123. The van der Waals surface area contributed by atoms with Crippen LogP contribution in [-0.4, -0.2) is 23.9 Å². The van der Waals surface area contributed by atoms with Crippen molar-refractivity contribution >= 4 is 21.8 Å². The Kier molecular flexibility index (Phi) is 4.43. The minimum Gasteiger partial charge on any atom is -0.331 e. The molecule has 0 unspecified atom stereocenters. The molecule has 0 atom stereocenters. The van der Waals surface area contributed by atoms with E-state index in [-0.39, 0.29) is 5.91 Å². The number of carbonyl (C=O) groups excluding carboxylic acids is 1. The van der Waals surface area contributed by atoms with Gasteiger partial charge >= 0.3 is 0 Å². The lowest BCUT2D eigenvalue weighted by Crippen LogP contribution is -2.34. The van der Waals surface area contributed by atoms with Crippen LogP contribution >= 0.6 is 15.9 Å². The fourth-order valence-electron chi connectivity index (χ4n) is 1.91. The monoisotopic (exact) mass is 305 g/mol. The predicted octanol–water partition coefficient (Wildman–Crippen LogP) is 2.86. The first-order valence-corrected chi connectivity index (χ1v) is 6.94. The maximum atomic E-state index is 12.2. The molecule has 0 aromatic heterocycles. The van der Waals surface area contributed by atoms with Crippen molar-refractivity contribution in [3.8, 4) is 12.3 Å². The zero-order valence-corrected chi connectivity index (χ0v) is 11.8. The van der Waals surface area contributed by atoms with Crippen molar-refractivity contribution in [2.45, 2.75) is 19.3 Å². The molecule has 3 heteroatoms. The SMILES string of the molecule is C#CCN(CC1CC1)C(=O)Cc1cccc(Br)c1. The van der Waals surface area contributed by atoms with Gasteiger partial charge in [-0.05, 0) is 36.5 Å². The summed E-state index contributed by atoms with van der Waals surface area (Å²) in [7, 11) is 0. The van der Waals surface area contributed by atoms with E-state index in [1.807, 2.05) is 24.3 Å². The van der Waals surface area contributed by atoms with E-state index in [0.29, 0.717) is 18.9 Å². The van der Waals surface area contributed by atoms with Crippen LogP contribution in [0.1, 0.15) is 18.4 Å². The summed E-state index contributed by atoms with van der Waals surface area (Å²) in [6.07, 6.45) is 8.21. The van der Waals surface area contributed by atoms with Gasteiger partial charge in [-0.3, -0.25) is 4.79 Å². The highest BCUT2D eigenvalue weighted by molar-refractivity contribution is 9.10. The van der Waals surface area contributed by atoms with Gasteiger partial charge in [-0.15, -0.1) is 6.42 Å². The lowest BCUT2D eigenvalue weighted by Gasteiger charge is -2.20. The Hall–Kier alpha value is -1.27. The molecule has 0 spiro atoms. The summed E-state index contributed by atoms with van der Waals surface area (Å²) in [5.41, 5.74) is 1.02. The van der Waals surface area contributed by atoms with Crippen molar-refractivity contribution in [2.24, 2.45) is 5.92 Å². The van der Waals surface area contributed by atoms with E-state index in [1.54, 1.807) is 4.90 Å². The number of terminal acetylenes is 1. The van der Waals surface area contributed by atoms with Gasteiger partial charge in [-0.25, -0.2) is 0 Å². The lowest BCUT2D eigenvalue weighted by molar-refractivity contribution is -0.130. The molecule has 0 saturated heterocycles. The van der Waals surface area contributed by atoms with Gasteiger partial charge in [-0.1, -0.05) is 34.0 Å². The average Bonchev–Trinajstić information content (AvgIpc) is 3.12. The second-order valence-corrected chi connectivity index (χ2v) is 5.64. The quantitative estimate of drug-likeness (QED) is 0.766. The topological polar surface area (TPSA) is 20.3 Å². The molecule has 1 amide bonds. The molecule has 18 heavy (non-hydrogen) atoms. The molecule has 1 saturated carbocycles. The van der Waals surface area contributed by atoms with Crippen LogP contribution < -0.4 is 0 Å². The summed E-state index contributed by atoms with van der Waals surface area (Å²) in [4.78, 5) is 14.0. The fourth-order valence-corrected chi connectivity index (χ4v) is 2.36. The van der Waals surface area contributed by atoms with E-state index >= 15 is 0 Å². The Balaban J connectivity index is 1.97. The number of carbonyl (C=O) groups is 1. The first kappa shape index (κ1) is 13.2. The maximum absolute atomic E-state index is 12.2. The van der Waals surface area contributed by atoms with Crippen LogP contribution in [0.3, 0.4) is 0 Å². The molecule has 0 aliphatic heterocycles. The summed E-state index contributed by atoms with van der Waals surface area (Å²) in [5, 5.41) is 0. The van der Waals surface area contributed by atoms with Crippen molar-refractivity contribution in [1.29, 1.82) is 0 Å². The van der Waals surface area contributed by atoms with Crippen LogP contribution in [0, 0.1) is 18.3 Å². The van der Waals surface area contributed by atoms with Gasteiger partial charge in [0.05, 0.1) is 13.0 Å². The number of benzene rings is 1. The molecular weight excluding hydrogens is 290 g/mol. The van der Waals surface area contributed by atoms with Crippen molar-refractivity contribution in [3.63, 3.8) is 0 Å². The van der Waals surface area contributed by atoms with Crippen LogP contribution in [0.4, 0.5) is 0 Å². The number of rotatable bonds is 5. The summed E-state index contributed by atoms with van der Waals surface area (Å²) >= 11 is 3.41. The molecule has 1 aromatic rings. The van der Waals surface area contributed by atoms with Crippen LogP contribution in [0.2, 0.25) is 0 Å². The van der Waals surface area contributed by atoms with E-state index in [0.717, 1.165) is 16.6 Å². The largest absolute Gasteiger partial charge is 0.331 e. The van der Waals surface area contributed by atoms with E-state index in [9.17, 15) is 4.79 Å². The standard InChI is InChI=1S/C15H16BrNO/c1-2-8-17(11-12-6-7-12)15(18)10-13-4-3-5-14(16)9-13/h1,3-5,9,12H,6-8,10-11H2. The van der Waals surface area contributed by atoms with Crippen molar-refractivity contribution < 1.29 is 4.79 Å². The third-order valence-corrected chi connectivity index (χ3v) is 3.55. The van der Waals surface area contributed by atoms with E-state index < -0.39 is 0 Å². The third kappa shape index (κ3) is 3.89. The zero-order chi connectivity index (χ0) is 13.0. The van der Waals surface area contributed by atoms with E-state index in [1.165, 1.54) is 12.8 Å². The van der Waals surface area contributed by atoms with Gasteiger partial charge in [0.25, 0.3) is 0 Å². The second-order valence-electron chi connectivity index (χ2n) is 4.73. The molecule has 0 heterocycles. The summed E-state index contributed by atoms with van der Waals surface area (Å²) in [5.74, 6) is 3.37. The van der Waals surface area contributed by atoms with Gasteiger partial charge in [0.15, 0.2) is 0 Å². The average molecular weight is 306 g/mol. The molecule has 2 rings (SSSR count). The van der Waals surface area contributed by atoms with Gasteiger partial charge in [0, 0.05) is 11.0 Å². The molecule has 0 bridgehead atoms. The molecule has 2 nitrogen and oxygen atoms in total. The lowest BCUT2D eigenvalue weighted by atomic mass is 10.1. The molecule has 1 fully saturated rings. The Morgan fingerprint density at radius 2 is 2.28 bits per heavy atom. The first-order valence-electron chi connectivity index (χ1n) is 6.14. The summed E-state index contributed by atoms with van der Waals surface area (Å²) in [6.45, 7) is 1.24. The Morgan fingerprint density at radius 3 is 2.89 bits per heavy atom. The molecule has 1 aliphatic rings. The van der Waals surface area contributed by atoms with Crippen LogP contribution in [0.25, 0.3) is 0 Å². The Morgan fingerprint density at radius 1 is 1.50 bits per heavy atom. The number of halogens is 1. The zero-order valence-electron chi connectivity index (χ0n) is 10.2. The minimum atomic E-state index is 0.123. The Bertz CT molecular complexity index is 474. The Labute approximate surface area is 116 Å². The van der Waals surface area contributed by atoms with E-state index in [4.69, 9.17) is 6.42 Å². The third-order valence-electron chi connectivity index (χ3n) is 3.05. The number of amides is 1. The summed E-state index contributed by atoms with van der Waals surface area (Å²) < 4.78 is 0.999. The maximum Gasteiger partial charge on any atom is 0.227 e. The molecule has 0 N–H and O–H groups in total. The molecule has 94 valence electrons. The van der Waals surface area contributed by atoms with Crippen LogP contribution in [0.5, 0.6) is 0 Å². The number of hydrogen-bond acceptors (Lipinski definition) is 1. The van der Waals surface area contributed by atoms with Gasteiger partial charge < -0.3 is 4.90 Å². The van der Waals surface area contributed by atoms with Gasteiger partial charge in [0.2, 0.25) is 5.91 Å². The molecule has 1 aromatic carbocycles. The fraction of sp³-hybridized carbons (Fsp3) is 0.400. The smallest absolute Gasteiger partial charge is 0.227 e.